The summed E-state index contributed by atoms with van der Waals surface area (Å²) in [5, 5.41) is 6.35. The number of allylic oxidation sites excluding steroid dienone is 1. The molecule has 0 spiro atoms. The van der Waals surface area contributed by atoms with Gasteiger partial charge in [-0.3, -0.25) is 9.35 Å². The average molecular weight is 454 g/mol. The fourth-order valence-corrected chi connectivity index (χ4v) is 3.41. The third-order valence-corrected chi connectivity index (χ3v) is 5.31. The molecule has 0 saturated carbocycles. The molecule has 0 fully saturated rings. The summed E-state index contributed by atoms with van der Waals surface area (Å²) in [5.41, 5.74) is -1.02. The van der Waals surface area contributed by atoms with Gasteiger partial charge in [-0.05, 0) is 23.8 Å². The van der Waals surface area contributed by atoms with Crippen molar-refractivity contribution < 1.29 is 45.5 Å². The van der Waals surface area contributed by atoms with E-state index < -0.39 is 32.5 Å². The number of carbonyl (C=O) groups excluding carboxylic acids is 1. The number of benzene rings is 2. The fraction of sp³-hybridized carbons (Fsp3) is 0.150. The number of alkyl halides is 2. The maximum Gasteiger partial charge on any atom is 0.395 e. The predicted molar refractivity (Wildman–Crippen MR) is 106 cm³/mol. The summed E-state index contributed by atoms with van der Waals surface area (Å²) in [6.45, 7) is 0. The standard InChI is InChI=1S/C20H16F2O8S/c1-28-17-13-8-9-30-18(13)19(29-2)16(24)15(17)14(23)7-6-11-4-3-5-12(10-11)20(21,22)31(25,26)27/h3-10,24H,1-2H3,(H,25,26,27)/b7-6+. The second-order valence-corrected chi connectivity index (χ2v) is 7.73. The largest absolute Gasteiger partial charge is 0.504 e. The molecule has 0 aliphatic carbocycles. The Hall–Kier alpha value is -3.44. The number of rotatable bonds is 7. The van der Waals surface area contributed by atoms with Crippen molar-refractivity contribution in [1.82, 2.24) is 0 Å². The van der Waals surface area contributed by atoms with Crippen LogP contribution in [0.25, 0.3) is 17.0 Å². The normalized spacial score (nSPS) is 12.4. The van der Waals surface area contributed by atoms with Crippen LogP contribution in [0.2, 0.25) is 0 Å². The number of aromatic hydroxyl groups is 1. The molecule has 3 aromatic rings. The quantitative estimate of drug-likeness (QED) is 0.312. The number of halogens is 2. The van der Waals surface area contributed by atoms with E-state index in [1.165, 1.54) is 32.6 Å². The molecule has 31 heavy (non-hydrogen) atoms. The number of hydrogen-bond acceptors (Lipinski definition) is 7. The first-order valence-corrected chi connectivity index (χ1v) is 9.98. The van der Waals surface area contributed by atoms with E-state index in [9.17, 15) is 27.1 Å². The molecule has 164 valence electrons. The summed E-state index contributed by atoms with van der Waals surface area (Å²) in [7, 11) is -3.12. The van der Waals surface area contributed by atoms with Crippen molar-refractivity contribution >= 4 is 32.9 Å². The van der Waals surface area contributed by atoms with Gasteiger partial charge in [0, 0.05) is 5.56 Å². The average Bonchev–Trinajstić information content (AvgIpc) is 3.19. The van der Waals surface area contributed by atoms with Crippen molar-refractivity contribution in [2.24, 2.45) is 0 Å². The lowest BCUT2D eigenvalue weighted by atomic mass is 10.0. The minimum Gasteiger partial charge on any atom is -0.504 e. The van der Waals surface area contributed by atoms with E-state index in [4.69, 9.17) is 18.4 Å². The van der Waals surface area contributed by atoms with Gasteiger partial charge in [0.1, 0.15) is 11.3 Å². The van der Waals surface area contributed by atoms with Crippen LogP contribution in [-0.2, 0) is 15.4 Å². The molecule has 0 aliphatic heterocycles. The Balaban J connectivity index is 2.04. The van der Waals surface area contributed by atoms with Crippen molar-refractivity contribution in [3.8, 4) is 17.2 Å². The molecule has 0 aliphatic rings. The SMILES string of the molecule is COc1c(C(=O)/C=C/c2cccc(C(F)(F)S(=O)(=O)O)c2)c(O)c(OC)c2occc12. The van der Waals surface area contributed by atoms with Gasteiger partial charge in [0.15, 0.2) is 17.1 Å². The predicted octanol–water partition coefficient (Wildman–Crippen LogP) is 3.99. The molecule has 2 N–H and O–H groups in total. The van der Waals surface area contributed by atoms with Crippen molar-refractivity contribution in [2.75, 3.05) is 14.2 Å². The van der Waals surface area contributed by atoms with Gasteiger partial charge in [-0.2, -0.15) is 17.2 Å². The number of methoxy groups -OCH3 is 2. The van der Waals surface area contributed by atoms with Crippen LogP contribution in [0.1, 0.15) is 21.5 Å². The number of hydrogen-bond donors (Lipinski definition) is 2. The van der Waals surface area contributed by atoms with E-state index in [1.54, 1.807) is 0 Å². The van der Waals surface area contributed by atoms with Gasteiger partial charge in [0.2, 0.25) is 5.75 Å². The summed E-state index contributed by atoms with van der Waals surface area (Å²) in [5.74, 6) is -1.36. The monoisotopic (exact) mass is 454 g/mol. The number of phenols is 1. The Morgan fingerprint density at radius 1 is 1.16 bits per heavy atom. The molecule has 8 nitrogen and oxygen atoms in total. The Morgan fingerprint density at radius 3 is 2.45 bits per heavy atom. The van der Waals surface area contributed by atoms with Crippen LogP contribution in [0, 0.1) is 0 Å². The molecule has 0 amide bonds. The molecule has 3 rings (SSSR count). The number of fused-ring (bicyclic) bond motifs is 1. The summed E-state index contributed by atoms with van der Waals surface area (Å²) in [6, 6.07) is 5.60. The van der Waals surface area contributed by atoms with Gasteiger partial charge in [0.05, 0.1) is 25.9 Å². The van der Waals surface area contributed by atoms with Crippen molar-refractivity contribution in [3.63, 3.8) is 0 Å². The third-order valence-electron chi connectivity index (χ3n) is 4.42. The molecule has 0 unspecified atom stereocenters. The van der Waals surface area contributed by atoms with Crippen LogP contribution in [0.5, 0.6) is 17.2 Å². The summed E-state index contributed by atoms with van der Waals surface area (Å²) in [4.78, 5) is 12.8. The van der Waals surface area contributed by atoms with E-state index >= 15 is 0 Å². The first-order chi connectivity index (χ1) is 14.5. The molecule has 0 saturated heterocycles. The maximum absolute atomic E-state index is 13.9. The summed E-state index contributed by atoms with van der Waals surface area (Å²) >= 11 is 0. The van der Waals surface area contributed by atoms with Crippen LogP contribution in [-0.4, -0.2) is 38.1 Å². The highest BCUT2D eigenvalue weighted by Crippen LogP contribution is 2.46. The van der Waals surface area contributed by atoms with Crippen molar-refractivity contribution in [2.45, 2.75) is 5.25 Å². The summed E-state index contributed by atoms with van der Waals surface area (Å²) in [6.07, 6.45) is 3.44. The minimum absolute atomic E-state index is 0.0170. The van der Waals surface area contributed by atoms with E-state index in [0.29, 0.717) is 5.39 Å². The number of furan rings is 1. The number of ketones is 1. The minimum atomic E-state index is -5.68. The van der Waals surface area contributed by atoms with E-state index in [0.717, 1.165) is 30.4 Å². The lowest BCUT2D eigenvalue weighted by molar-refractivity contribution is 0.0790. The van der Waals surface area contributed by atoms with Crippen LogP contribution >= 0.6 is 0 Å². The third kappa shape index (κ3) is 3.84. The lowest BCUT2D eigenvalue weighted by Gasteiger charge is -2.13. The molecular formula is C20H16F2O8S. The Morgan fingerprint density at radius 2 is 1.84 bits per heavy atom. The van der Waals surface area contributed by atoms with Crippen LogP contribution < -0.4 is 9.47 Å². The topological polar surface area (TPSA) is 123 Å². The van der Waals surface area contributed by atoms with E-state index in [-0.39, 0.29) is 28.2 Å². The zero-order valence-electron chi connectivity index (χ0n) is 16.1. The first-order valence-electron chi connectivity index (χ1n) is 8.54. The number of carbonyl (C=O) groups is 1. The summed E-state index contributed by atoms with van der Waals surface area (Å²) < 4.78 is 74.0. The lowest BCUT2D eigenvalue weighted by Crippen LogP contribution is -2.25. The van der Waals surface area contributed by atoms with E-state index in [1.807, 2.05) is 0 Å². The van der Waals surface area contributed by atoms with Crippen LogP contribution in [0.4, 0.5) is 8.78 Å². The Bertz CT molecular complexity index is 1290. The molecule has 1 aromatic heterocycles. The number of ether oxygens (including phenoxy) is 2. The van der Waals surface area contributed by atoms with Gasteiger partial charge in [0.25, 0.3) is 0 Å². The van der Waals surface area contributed by atoms with Gasteiger partial charge < -0.3 is 19.0 Å². The molecule has 2 aromatic carbocycles. The van der Waals surface area contributed by atoms with Gasteiger partial charge >= 0.3 is 15.4 Å². The molecule has 0 bridgehead atoms. The highest BCUT2D eigenvalue weighted by molar-refractivity contribution is 7.86. The van der Waals surface area contributed by atoms with Gasteiger partial charge in [-0.15, -0.1) is 0 Å². The number of phenolic OH excluding ortho intramolecular Hbond substituents is 1. The molecule has 11 heteroatoms. The zero-order valence-corrected chi connectivity index (χ0v) is 16.9. The van der Waals surface area contributed by atoms with Gasteiger partial charge in [-0.25, -0.2) is 0 Å². The molecule has 0 atom stereocenters. The maximum atomic E-state index is 13.9. The van der Waals surface area contributed by atoms with E-state index in [2.05, 4.69) is 0 Å². The van der Waals surface area contributed by atoms with Crippen LogP contribution in [0.3, 0.4) is 0 Å². The van der Waals surface area contributed by atoms with Crippen molar-refractivity contribution in [3.05, 3.63) is 59.4 Å². The van der Waals surface area contributed by atoms with Crippen molar-refractivity contribution in [1.29, 1.82) is 0 Å². The Labute approximate surface area is 175 Å². The molecule has 1 heterocycles. The molecular weight excluding hydrogens is 438 g/mol. The second kappa shape index (κ2) is 8.00. The highest BCUT2D eigenvalue weighted by Gasteiger charge is 2.45. The fourth-order valence-electron chi connectivity index (χ4n) is 2.98. The highest BCUT2D eigenvalue weighted by atomic mass is 32.2. The van der Waals surface area contributed by atoms with Gasteiger partial charge in [-0.1, -0.05) is 24.3 Å². The Kier molecular flexibility index (Phi) is 5.74. The zero-order chi connectivity index (χ0) is 23.0. The second-order valence-electron chi connectivity index (χ2n) is 6.27. The molecule has 0 radical (unpaired) electrons. The first kappa shape index (κ1) is 22.2. The van der Waals surface area contributed by atoms with Crippen LogP contribution in [0.15, 0.2) is 47.1 Å². The smallest absolute Gasteiger partial charge is 0.395 e.